The van der Waals surface area contributed by atoms with E-state index in [9.17, 15) is 34.2 Å². The molecule has 34 heavy (non-hydrogen) atoms. The second-order valence-electron chi connectivity index (χ2n) is 7.12. The quantitative estimate of drug-likeness (QED) is 0.227. The fourth-order valence-corrected chi connectivity index (χ4v) is 2.86. The third-order valence-electron chi connectivity index (χ3n) is 4.50. The first kappa shape index (κ1) is 28.4. The van der Waals surface area contributed by atoms with Gasteiger partial charge in [-0.1, -0.05) is 30.3 Å². The lowest BCUT2D eigenvalue weighted by Crippen LogP contribution is -2.58. The van der Waals surface area contributed by atoms with E-state index in [1.165, 1.54) is 20.8 Å². The number of aliphatic carboxylic acids is 1. The molecule has 0 bridgehead atoms. The summed E-state index contributed by atoms with van der Waals surface area (Å²) in [5.74, 6) is -6.26. The molecule has 0 aromatic heterocycles. The molecule has 12 nitrogen and oxygen atoms in total. The van der Waals surface area contributed by atoms with Crippen LogP contribution in [-0.4, -0.2) is 71.5 Å². The van der Waals surface area contributed by atoms with Crippen LogP contribution in [0, 0.1) is 5.92 Å². The third kappa shape index (κ3) is 9.45. The summed E-state index contributed by atoms with van der Waals surface area (Å²) in [5, 5.41) is 23.8. The van der Waals surface area contributed by atoms with Crippen molar-refractivity contribution in [2.24, 2.45) is 5.92 Å². The summed E-state index contributed by atoms with van der Waals surface area (Å²) in [6.45, 7) is 4.01. The second kappa shape index (κ2) is 14.5. The predicted octanol–water partition coefficient (Wildman–Crippen LogP) is 0.364. The van der Waals surface area contributed by atoms with Gasteiger partial charge in [-0.05, 0) is 26.3 Å². The highest BCUT2D eigenvalue weighted by Crippen LogP contribution is 2.15. The largest absolute Gasteiger partial charge is 0.480 e. The number of rotatable bonds is 13. The van der Waals surface area contributed by atoms with E-state index in [4.69, 9.17) is 14.2 Å². The first-order chi connectivity index (χ1) is 16.1. The third-order valence-corrected chi connectivity index (χ3v) is 4.50. The zero-order valence-electron chi connectivity index (χ0n) is 19.2. The van der Waals surface area contributed by atoms with Gasteiger partial charge in [-0.15, -0.1) is 0 Å². The van der Waals surface area contributed by atoms with Crippen molar-refractivity contribution in [2.75, 3.05) is 13.2 Å². The number of carbonyl (C=O) groups excluding carboxylic acids is 4. The minimum atomic E-state index is -1.90. The molecule has 0 aliphatic heterocycles. The zero-order valence-corrected chi connectivity index (χ0v) is 19.2. The van der Waals surface area contributed by atoms with Gasteiger partial charge in [0.05, 0.1) is 31.7 Å². The summed E-state index contributed by atoms with van der Waals surface area (Å²) in [4.78, 5) is 60.9. The summed E-state index contributed by atoms with van der Waals surface area (Å²) < 4.78 is 14.6. The van der Waals surface area contributed by atoms with Crippen LogP contribution in [0.4, 0.5) is 4.79 Å². The van der Waals surface area contributed by atoms with Gasteiger partial charge >= 0.3 is 24.0 Å². The van der Waals surface area contributed by atoms with Gasteiger partial charge in [0.2, 0.25) is 5.91 Å². The number of hydrogen-bond acceptors (Lipinski definition) is 9. The Hall–Kier alpha value is -3.67. The molecule has 4 atom stereocenters. The predicted molar refractivity (Wildman–Crippen MR) is 116 cm³/mol. The van der Waals surface area contributed by atoms with E-state index in [-0.39, 0.29) is 19.8 Å². The van der Waals surface area contributed by atoms with E-state index in [2.05, 4.69) is 10.6 Å². The number of aliphatic hydroxyl groups excluding tert-OH is 1. The number of ether oxygens (including phenoxy) is 3. The van der Waals surface area contributed by atoms with Gasteiger partial charge in [0.15, 0.2) is 0 Å². The van der Waals surface area contributed by atoms with Crippen LogP contribution in [-0.2, 0) is 40.0 Å². The number of aliphatic hydroxyl groups is 1. The van der Waals surface area contributed by atoms with Crippen molar-refractivity contribution in [1.82, 2.24) is 10.6 Å². The normalized spacial score (nSPS) is 14.0. The van der Waals surface area contributed by atoms with Gasteiger partial charge in [-0.2, -0.15) is 0 Å². The van der Waals surface area contributed by atoms with E-state index < -0.39 is 60.4 Å². The van der Waals surface area contributed by atoms with Crippen LogP contribution in [0.2, 0.25) is 0 Å². The van der Waals surface area contributed by atoms with Gasteiger partial charge in [-0.25, -0.2) is 9.59 Å². The maximum Gasteiger partial charge on any atom is 0.408 e. The molecule has 0 saturated heterocycles. The summed E-state index contributed by atoms with van der Waals surface area (Å²) in [7, 11) is 0. The Labute approximate surface area is 196 Å². The van der Waals surface area contributed by atoms with Gasteiger partial charge in [0.1, 0.15) is 18.7 Å². The average Bonchev–Trinajstić information content (AvgIpc) is 2.78. The maximum atomic E-state index is 12.7. The van der Waals surface area contributed by atoms with E-state index in [0.29, 0.717) is 5.56 Å². The lowest BCUT2D eigenvalue weighted by atomic mass is 9.95. The maximum absolute atomic E-state index is 12.7. The summed E-state index contributed by atoms with van der Waals surface area (Å²) in [5.41, 5.74) is 0.679. The van der Waals surface area contributed by atoms with Crippen LogP contribution >= 0.6 is 0 Å². The smallest absolute Gasteiger partial charge is 0.408 e. The van der Waals surface area contributed by atoms with Crippen LogP contribution in [0.3, 0.4) is 0 Å². The molecule has 0 radical (unpaired) electrons. The van der Waals surface area contributed by atoms with Crippen molar-refractivity contribution in [1.29, 1.82) is 0 Å². The Morgan fingerprint density at radius 1 is 0.912 bits per heavy atom. The molecule has 0 aliphatic rings. The fourth-order valence-electron chi connectivity index (χ4n) is 2.86. The molecule has 0 fully saturated rings. The molecule has 0 spiro atoms. The van der Waals surface area contributed by atoms with Crippen molar-refractivity contribution >= 4 is 29.9 Å². The summed E-state index contributed by atoms with van der Waals surface area (Å²) in [6, 6.07) is 5.16. The first-order valence-electron chi connectivity index (χ1n) is 10.6. The molecule has 1 aromatic rings. The van der Waals surface area contributed by atoms with Crippen LogP contribution < -0.4 is 10.6 Å². The van der Waals surface area contributed by atoms with Gasteiger partial charge in [0.25, 0.3) is 0 Å². The van der Waals surface area contributed by atoms with Crippen molar-refractivity contribution in [2.45, 2.75) is 52.0 Å². The molecule has 0 saturated carbocycles. The minimum absolute atomic E-state index is 0.00239. The van der Waals surface area contributed by atoms with Crippen molar-refractivity contribution in [3.63, 3.8) is 0 Å². The number of carboxylic acids is 1. The average molecular weight is 482 g/mol. The van der Waals surface area contributed by atoms with E-state index >= 15 is 0 Å². The standard InChI is InChI=1S/C22H30N2O10/c1-4-32-16(26)11-15(21(30)33-5-2)18(20(28)29)23-19(27)17(13(3)25)24-22(31)34-12-14-9-7-6-8-10-14/h6-10,13,15,17-18,25H,4-5,11-12H2,1-3H3,(H,23,27)(H,24,31)(H,28,29)/t13-,15-,17+,18+/m1/s1. The number of esters is 2. The highest BCUT2D eigenvalue weighted by Gasteiger charge is 2.40. The first-order valence-corrected chi connectivity index (χ1v) is 10.6. The Balaban J connectivity index is 2.95. The lowest BCUT2D eigenvalue weighted by Gasteiger charge is -2.26. The number of carboxylic acid groups (broad SMARTS) is 1. The van der Waals surface area contributed by atoms with Gasteiger partial charge in [0, 0.05) is 0 Å². The molecule has 188 valence electrons. The van der Waals surface area contributed by atoms with Gasteiger partial charge in [-0.3, -0.25) is 14.4 Å². The highest BCUT2D eigenvalue weighted by atomic mass is 16.6. The Morgan fingerprint density at radius 3 is 2.06 bits per heavy atom. The molecule has 4 N–H and O–H groups in total. The molecule has 0 heterocycles. The van der Waals surface area contributed by atoms with Crippen LogP contribution in [0.15, 0.2) is 30.3 Å². The molecule has 1 aromatic carbocycles. The van der Waals surface area contributed by atoms with Crippen molar-refractivity contribution in [3.05, 3.63) is 35.9 Å². The molecular weight excluding hydrogens is 452 g/mol. The van der Waals surface area contributed by atoms with Crippen LogP contribution in [0.1, 0.15) is 32.8 Å². The Bertz CT molecular complexity index is 843. The zero-order chi connectivity index (χ0) is 25.7. The Morgan fingerprint density at radius 2 is 1.53 bits per heavy atom. The SMILES string of the molecule is CCOC(=O)C[C@@H](C(=O)OCC)[C@H](NC(=O)[C@@H](NC(=O)OCc1ccccc1)[C@@H](C)O)C(=O)O. The number of alkyl carbamates (subject to hydrolysis) is 1. The molecule has 1 rings (SSSR count). The number of benzene rings is 1. The second-order valence-corrected chi connectivity index (χ2v) is 7.12. The number of amides is 2. The Kier molecular flexibility index (Phi) is 12.1. The van der Waals surface area contributed by atoms with Crippen molar-refractivity contribution < 1.29 is 48.4 Å². The summed E-state index contributed by atoms with van der Waals surface area (Å²) in [6.07, 6.45) is -3.16. The molecule has 0 unspecified atom stereocenters. The van der Waals surface area contributed by atoms with Crippen molar-refractivity contribution in [3.8, 4) is 0 Å². The molecule has 0 aliphatic carbocycles. The van der Waals surface area contributed by atoms with E-state index in [0.717, 1.165) is 0 Å². The number of hydrogen-bond donors (Lipinski definition) is 4. The van der Waals surface area contributed by atoms with Crippen LogP contribution in [0.5, 0.6) is 0 Å². The topological polar surface area (TPSA) is 178 Å². The fraction of sp³-hybridized carbons (Fsp3) is 0.500. The number of nitrogens with one attached hydrogen (secondary N) is 2. The lowest BCUT2D eigenvalue weighted by molar-refractivity contribution is -0.160. The van der Waals surface area contributed by atoms with Crippen LogP contribution in [0.25, 0.3) is 0 Å². The monoisotopic (exact) mass is 482 g/mol. The van der Waals surface area contributed by atoms with E-state index in [1.807, 2.05) is 0 Å². The summed E-state index contributed by atoms with van der Waals surface area (Å²) >= 11 is 0. The molecule has 2 amide bonds. The highest BCUT2D eigenvalue weighted by molar-refractivity contribution is 5.93. The molecular formula is C22H30N2O10. The number of carbonyl (C=O) groups is 5. The van der Waals surface area contributed by atoms with Gasteiger partial charge < -0.3 is 35.1 Å². The molecule has 12 heteroatoms. The van der Waals surface area contributed by atoms with E-state index in [1.54, 1.807) is 30.3 Å². The minimum Gasteiger partial charge on any atom is -0.480 e.